The molecule has 0 aromatic rings. The Morgan fingerprint density at radius 2 is 0.600 bits per heavy atom. The molecular weight excluding hydrogens is 277 g/mol. The molecule has 0 nitrogen and oxygen atoms in total. The summed E-state index contributed by atoms with van der Waals surface area (Å²) in [7, 11) is 0. The van der Waals surface area contributed by atoms with Crippen molar-refractivity contribution >= 4 is 0 Å². The largest absolute Gasteiger partial charge is 0 e. The molecular formula is Cr2FeNi2. The van der Waals surface area contributed by atoms with Crippen molar-refractivity contribution in [1.82, 2.24) is 0 Å². The Kier molecular flexibility index (Phi) is 305. The molecule has 0 radical (unpaired) electrons. The van der Waals surface area contributed by atoms with Crippen LogP contribution in [-0.4, -0.2) is 0 Å². The topological polar surface area (TPSA) is 0 Å². The second kappa shape index (κ2) is 30.8. The second-order valence-electron chi connectivity index (χ2n) is 0. The molecule has 40 valence electrons. The van der Waals surface area contributed by atoms with Gasteiger partial charge in [-0.05, 0) is 0 Å². The third-order valence-corrected chi connectivity index (χ3v) is 0. The molecule has 0 N–H and O–H groups in total. The Hall–Kier alpha value is 2.57. The van der Waals surface area contributed by atoms with Crippen LogP contribution in [0.2, 0.25) is 0 Å². The number of rotatable bonds is 0. The van der Waals surface area contributed by atoms with Crippen LogP contribution in [0.25, 0.3) is 0 Å². The fourth-order valence-corrected chi connectivity index (χ4v) is 0. The first-order valence-electron chi connectivity index (χ1n) is 0. The van der Waals surface area contributed by atoms with E-state index in [-0.39, 0.29) is 84.8 Å². The minimum absolute atomic E-state index is 0. The molecule has 0 saturated carbocycles. The summed E-state index contributed by atoms with van der Waals surface area (Å²) in [4.78, 5) is 0. The maximum absolute atomic E-state index is 0. The van der Waals surface area contributed by atoms with E-state index in [1.54, 1.807) is 0 Å². The Balaban J connectivity index is 0. The first-order chi connectivity index (χ1) is 0. The Morgan fingerprint density at radius 3 is 0.600 bits per heavy atom. The van der Waals surface area contributed by atoms with Gasteiger partial charge in [-0.3, -0.25) is 0 Å². The zero-order chi connectivity index (χ0) is 0. The Bertz CT molecular complexity index is 7.61. The van der Waals surface area contributed by atoms with Crippen LogP contribution in [0.5, 0.6) is 0 Å². The molecule has 0 atom stereocenters. The number of hydrogen-bond acceptors (Lipinski definition) is 0. The zero-order valence-corrected chi connectivity index (χ0v) is 7.43. The molecule has 0 fully saturated rings. The number of hydrogen-bond donors (Lipinski definition) is 0. The van der Waals surface area contributed by atoms with Gasteiger partial charge >= 0.3 is 0 Å². The summed E-state index contributed by atoms with van der Waals surface area (Å²) >= 11 is 0. The van der Waals surface area contributed by atoms with Gasteiger partial charge in [-0.15, -0.1) is 0 Å². The van der Waals surface area contributed by atoms with Crippen LogP contribution in [-0.2, 0) is 84.8 Å². The molecule has 0 aromatic carbocycles. The molecule has 0 bridgehead atoms. The summed E-state index contributed by atoms with van der Waals surface area (Å²) in [5, 5.41) is 0. The van der Waals surface area contributed by atoms with E-state index in [1.165, 1.54) is 0 Å². The fourth-order valence-electron chi connectivity index (χ4n) is 0. The van der Waals surface area contributed by atoms with Crippen molar-refractivity contribution in [3.63, 3.8) is 0 Å². The summed E-state index contributed by atoms with van der Waals surface area (Å²) in [6.45, 7) is 0. The molecule has 0 rings (SSSR count). The monoisotopic (exact) mass is 276 g/mol. The van der Waals surface area contributed by atoms with Crippen molar-refractivity contribution in [3.8, 4) is 0 Å². The SMILES string of the molecule is [Cr].[Cr].[Fe].[Ni].[Ni]. The van der Waals surface area contributed by atoms with Crippen molar-refractivity contribution in [2.45, 2.75) is 0 Å². The molecule has 0 aromatic heterocycles. The van der Waals surface area contributed by atoms with Gasteiger partial charge in [0.25, 0.3) is 0 Å². The maximum Gasteiger partial charge on any atom is 0 e. The van der Waals surface area contributed by atoms with E-state index in [0.717, 1.165) is 0 Å². The quantitative estimate of drug-likeness (QED) is 0.546. The van der Waals surface area contributed by atoms with Crippen LogP contribution in [0.1, 0.15) is 0 Å². The van der Waals surface area contributed by atoms with Gasteiger partial charge < -0.3 is 0 Å². The zero-order valence-electron chi connectivity index (χ0n) is 1.80. The Labute approximate surface area is 83.8 Å². The predicted octanol–water partition coefficient (Wildman–Crippen LogP) is -0.0125. The molecule has 0 unspecified atom stereocenters. The van der Waals surface area contributed by atoms with Gasteiger partial charge in [-0.25, -0.2) is 0 Å². The van der Waals surface area contributed by atoms with E-state index in [4.69, 9.17) is 0 Å². The van der Waals surface area contributed by atoms with Crippen molar-refractivity contribution < 1.29 is 84.8 Å². The van der Waals surface area contributed by atoms with Gasteiger partial charge in [0.2, 0.25) is 0 Å². The van der Waals surface area contributed by atoms with Crippen molar-refractivity contribution in [1.29, 1.82) is 0 Å². The van der Waals surface area contributed by atoms with E-state index in [9.17, 15) is 0 Å². The first kappa shape index (κ1) is 49.4. The molecule has 5 heteroatoms. The summed E-state index contributed by atoms with van der Waals surface area (Å²) in [6.07, 6.45) is 0. The molecule has 0 aliphatic carbocycles. The van der Waals surface area contributed by atoms with Gasteiger partial charge in [-0.2, -0.15) is 0 Å². The summed E-state index contributed by atoms with van der Waals surface area (Å²) in [5.74, 6) is 0. The van der Waals surface area contributed by atoms with Crippen molar-refractivity contribution in [2.24, 2.45) is 0 Å². The third-order valence-electron chi connectivity index (χ3n) is 0. The smallest absolute Gasteiger partial charge is 0 e. The predicted molar refractivity (Wildman–Crippen MR) is 0 cm³/mol. The average molecular weight is 277 g/mol. The van der Waals surface area contributed by atoms with E-state index in [0.29, 0.717) is 0 Å². The van der Waals surface area contributed by atoms with E-state index in [1.807, 2.05) is 0 Å². The van der Waals surface area contributed by atoms with E-state index >= 15 is 0 Å². The second-order valence-corrected chi connectivity index (χ2v) is 0. The summed E-state index contributed by atoms with van der Waals surface area (Å²) in [6, 6.07) is 0. The molecule has 0 heterocycles. The van der Waals surface area contributed by atoms with Gasteiger partial charge in [0.1, 0.15) is 0 Å². The fraction of sp³-hybridized carbons (Fsp3) is 0. The molecule has 0 spiro atoms. The van der Waals surface area contributed by atoms with Crippen molar-refractivity contribution in [3.05, 3.63) is 0 Å². The molecule has 0 aliphatic heterocycles. The normalized spacial score (nSPS) is 0. The van der Waals surface area contributed by atoms with Gasteiger partial charge in [-0.1, -0.05) is 0 Å². The van der Waals surface area contributed by atoms with Gasteiger partial charge in [0, 0.05) is 84.8 Å². The summed E-state index contributed by atoms with van der Waals surface area (Å²) in [5.41, 5.74) is 0. The summed E-state index contributed by atoms with van der Waals surface area (Å²) < 4.78 is 0. The molecule has 5 heavy (non-hydrogen) atoms. The van der Waals surface area contributed by atoms with Gasteiger partial charge in [0.15, 0.2) is 0 Å². The van der Waals surface area contributed by atoms with E-state index < -0.39 is 0 Å². The average Bonchev–Trinajstić information content (AvgIpc) is 0. The van der Waals surface area contributed by atoms with Crippen LogP contribution < -0.4 is 0 Å². The van der Waals surface area contributed by atoms with Crippen LogP contribution in [0, 0.1) is 0 Å². The molecule has 0 saturated heterocycles. The van der Waals surface area contributed by atoms with Crippen LogP contribution in [0.15, 0.2) is 0 Å². The van der Waals surface area contributed by atoms with Crippen LogP contribution in [0.3, 0.4) is 0 Å². The van der Waals surface area contributed by atoms with E-state index in [2.05, 4.69) is 0 Å². The van der Waals surface area contributed by atoms with Crippen LogP contribution >= 0.6 is 0 Å². The maximum atomic E-state index is 0. The minimum atomic E-state index is 0. The van der Waals surface area contributed by atoms with Gasteiger partial charge in [0.05, 0.1) is 0 Å². The molecule has 0 aliphatic rings. The van der Waals surface area contributed by atoms with Crippen LogP contribution in [0.4, 0.5) is 0 Å². The van der Waals surface area contributed by atoms with Crippen molar-refractivity contribution in [2.75, 3.05) is 0 Å². The third kappa shape index (κ3) is 20.8. The molecule has 0 amide bonds. The Morgan fingerprint density at radius 1 is 0.600 bits per heavy atom. The standard InChI is InChI=1S/2Cr.Fe.2Ni. The minimum Gasteiger partial charge on any atom is 0 e. The first-order valence-corrected chi connectivity index (χ1v) is 0.